The van der Waals surface area contributed by atoms with Gasteiger partial charge in [-0.15, -0.1) is 22.9 Å². The van der Waals surface area contributed by atoms with Crippen molar-refractivity contribution in [2.45, 2.75) is 25.8 Å². The van der Waals surface area contributed by atoms with E-state index in [1.807, 2.05) is 29.6 Å². The van der Waals surface area contributed by atoms with Gasteiger partial charge in [0.05, 0.1) is 12.5 Å². The van der Waals surface area contributed by atoms with Gasteiger partial charge < -0.3 is 9.47 Å². The van der Waals surface area contributed by atoms with E-state index in [2.05, 4.69) is 13.0 Å². The molecule has 0 aliphatic carbocycles. The van der Waals surface area contributed by atoms with Crippen molar-refractivity contribution >= 4 is 22.9 Å². The van der Waals surface area contributed by atoms with E-state index in [0.717, 1.165) is 23.5 Å². The molecule has 0 bridgehead atoms. The van der Waals surface area contributed by atoms with Crippen LogP contribution >= 0.6 is 22.9 Å². The molecule has 0 atom stereocenters. The lowest BCUT2D eigenvalue weighted by molar-refractivity contribution is 0.295. The molecule has 0 spiro atoms. The Labute approximate surface area is 122 Å². The van der Waals surface area contributed by atoms with Crippen LogP contribution in [0.2, 0.25) is 0 Å². The van der Waals surface area contributed by atoms with Crippen molar-refractivity contribution in [3.63, 3.8) is 0 Å². The zero-order chi connectivity index (χ0) is 13.5. The molecular weight excluding hydrogens is 280 g/mol. The third-order valence-electron chi connectivity index (χ3n) is 2.61. The highest BCUT2D eigenvalue weighted by atomic mass is 35.5. The van der Waals surface area contributed by atoms with Gasteiger partial charge in [-0.2, -0.15) is 0 Å². The lowest BCUT2D eigenvalue weighted by Crippen LogP contribution is -1.99. The highest BCUT2D eigenvalue weighted by molar-refractivity contribution is 7.09. The van der Waals surface area contributed by atoms with Gasteiger partial charge in [-0.3, -0.25) is 0 Å². The number of ether oxygens (including phenoxy) is 2. The monoisotopic (exact) mass is 296 g/mol. The minimum absolute atomic E-state index is 0.438. The van der Waals surface area contributed by atoms with Crippen LogP contribution in [0.4, 0.5) is 0 Å². The van der Waals surface area contributed by atoms with Crippen molar-refractivity contribution in [3.05, 3.63) is 46.2 Å². The van der Waals surface area contributed by atoms with Crippen molar-refractivity contribution in [1.29, 1.82) is 0 Å². The first kappa shape index (κ1) is 14.2. The minimum Gasteiger partial charge on any atom is -0.493 e. The summed E-state index contributed by atoms with van der Waals surface area (Å²) in [6, 6.07) is 9.89. The number of hydrogen-bond donors (Lipinski definition) is 0. The standard InChI is InChI=1S/C15H17ClO2S/c1-2-7-17-13-6-5-12(10-16)15(9-13)18-11-14-4-3-8-19-14/h3-6,8-9H,2,7,10-11H2,1H3. The minimum atomic E-state index is 0.438. The zero-order valence-corrected chi connectivity index (χ0v) is 12.5. The van der Waals surface area contributed by atoms with E-state index in [-0.39, 0.29) is 0 Å². The van der Waals surface area contributed by atoms with Crippen LogP contribution in [0.25, 0.3) is 0 Å². The summed E-state index contributed by atoms with van der Waals surface area (Å²) in [6.45, 7) is 3.37. The van der Waals surface area contributed by atoms with Gasteiger partial charge in [0.15, 0.2) is 0 Å². The molecule has 1 aromatic heterocycles. The molecule has 1 heterocycles. The van der Waals surface area contributed by atoms with Crippen LogP contribution in [-0.2, 0) is 12.5 Å². The summed E-state index contributed by atoms with van der Waals surface area (Å²) in [7, 11) is 0. The molecule has 0 saturated heterocycles. The highest BCUT2D eigenvalue weighted by Crippen LogP contribution is 2.27. The largest absolute Gasteiger partial charge is 0.493 e. The summed E-state index contributed by atoms with van der Waals surface area (Å²) in [6.07, 6.45) is 0.989. The number of thiophene rings is 1. The fraction of sp³-hybridized carbons (Fsp3) is 0.333. The molecule has 0 radical (unpaired) electrons. The van der Waals surface area contributed by atoms with E-state index < -0.39 is 0 Å². The van der Waals surface area contributed by atoms with E-state index in [1.54, 1.807) is 11.3 Å². The normalized spacial score (nSPS) is 10.4. The molecule has 0 fully saturated rings. The molecule has 19 heavy (non-hydrogen) atoms. The van der Waals surface area contributed by atoms with Gasteiger partial charge in [-0.05, 0) is 23.9 Å². The Morgan fingerprint density at radius 2 is 2.11 bits per heavy atom. The zero-order valence-electron chi connectivity index (χ0n) is 10.9. The molecule has 0 unspecified atom stereocenters. The van der Waals surface area contributed by atoms with Gasteiger partial charge >= 0.3 is 0 Å². The van der Waals surface area contributed by atoms with Gasteiger partial charge in [0.25, 0.3) is 0 Å². The maximum atomic E-state index is 5.93. The van der Waals surface area contributed by atoms with Crippen molar-refractivity contribution in [2.75, 3.05) is 6.61 Å². The Hall–Kier alpha value is -1.19. The van der Waals surface area contributed by atoms with Gasteiger partial charge in [-0.1, -0.05) is 19.1 Å². The van der Waals surface area contributed by atoms with E-state index in [9.17, 15) is 0 Å². The molecule has 0 saturated carbocycles. The number of benzene rings is 1. The lowest BCUT2D eigenvalue weighted by atomic mass is 10.2. The SMILES string of the molecule is CCCOc1ccc(CCl)c(OCc2cccs2)c1. The topological polar surface area (TPSA) is 18.5 Å². The van der Waals surface area contributed by atoms with E-state index >= 15 is 0 Å². The predicted octanol–water partition coefficient (Wildman–Crippen LogP) is 4.85. The second-order valence-electron chi connectivity index (χ2n) is 4.12. The van der Waals surface area contributed by atoms with Crippen molar-refractivity contribution < 1.29 is 9.47 Å². The average molecular weight is 297 g/mol. The molecule has 102 valence electrons. The maximum Gasteiger partial charge on any atom is 0.127 e. The quantitative estimate of drug-likeness (QED) is 0.680. The Bertz CT molecular complexity index is 497. The van der Waals surface area contributed by atoms with Crippen LogP contribution in [-0.4, -0.2) is 6.61 Å². The van der Waals surface area contributed by atoms with Gasteiger partial charge in [0.1, 0.15) is 18.1 Å². The summed E-state index contributed by atoms with van der Waals surface area (Å²) >= 11 is 7.62. The molecule has 2 aromatic rings. The smallest absolute Gasteiger partial charge is 0.127 e. The summed E-state index contributed by atoms with van der Waals surface area (Å²) < 4.78 is 11.5. The summed E-state index contributed by atoms with van der Waals surface area (Å²) in [5.41, 5.74) is 0.988. The second-order valence-corrected chi connectivity index (χ2v) is 5.42. The number of halogens is 1. The van der Waals surface area contributed by atoms with E-state index in [0.29, 0.717) is 19.1 Å². The second kappa shape index (κ2) is 7.41. The molecule has 0 aliphatic heterocycles. The molecule has 0 amide bonds. The first-order valence-electron chi connectivity index (χ1n) is 6.30. The Morgan fingerprint density at radius 3 is 2.79 bits per heavy atom. The molecule has 0 aliphatic rings. The highest BCUT2D eigenvalue weighted by Gasteiger charge is 2.06. The van der Waals surface area contributed by atoms with Crippen LogP contribution in [0.15, 0.2) is 35.7 Å². The van der Waals surface area contributed by atoms with Crippen molar-refractivity contribution in [3.8, 4) is 11.5 Å². The van der Waals surface area contributed by atoms with Crippen molar-refractivity contribution in [1.82, 2.24) is 0 Å². The first-order chi connectivity index (χ1) is 9.33. The maximum absolute atomic E-state index is 5.93. The van der Waals surface area contributed by atoms with Gasteiger partial charge in [-0.25, -0.2) is 0 Å². The van der Waals surface area contributed by atoms with Crippen LogP contribution in [0.5, 0.6) is 11.5 Å². The van der Waals surface area contributed by atoms with Gasteiger partial charge in [0.2, 0.25) is 0 Å². The molecular formula is C15H17ClO2S. The summed E-state index contributed by atoms with van der Waals surface area (Å²) in [5, 5.41) is 2.04. The van der Waals surface area contributed by atoms with E-state index in [4.69, 9.17) is 21.1 Å². The van der Waals surface area contributed by atoms with Crippen LogP contribution in [0.3, 0.4) is 0 Å². The van der Waals surface area contributed by atoms with Crippen LogP contribution in [0, 0.1) is 0 Å². The molecule has 2 nitrogen and oxygen atoms in total. The summed E-state index contributed by atoms with van der Waals surface area (Å²) in [5.74, 6) is 2.07. The molecule has 2 rings (SSSR count). The Kier molecular flexibility index (Phi) is 5.55. The first-order valence-corrected chi connectivity index (χ1v) is 7.71. The number of hydrogen-bond acceptors (Lipinski definition) is 3. The third kappa shape index (κ3) is 4.15. The van der Waals surface area contributed by atoms with Crippen LogP contribution in [0.1, 0.15) is 23.8 Å². The molecule has 4 heteroatoms. The third-order valence-corrected chi connectivity index (χ3v) is 3.74. The Balaban J connectivity index is 2.07. The number of alkyl halides is 1. The van der Waals surface area contributed by atoms with Crippen LogP contribution < -0.4 is 9.47 Å². The average Bonchev–Trinajstić information content (AvgIpc) is 2.96. The lowest BCUT2D eigenvalue weighted by Gasteiger charge is -2.12. The fourth-order valence-corrected chi connectivity index (χ4v) is 2.47. The predicted molar refractivity (Wildman–Crippen MR) is 80.4 cm³/mol. The fourth-order valence-electron chi connectivity index (χ4n) is 1.63. The summed E-state index contributed by atoms with van der Waals surface area (Å²) in [4.78, 5) is 1.19. The molecule has 0 N–H and O–H groups in total. The van der Waals surface area contributed by atoms with Crippen molar-refractivity contribution in [2.24, 2.45) is 0 Å². The molecule has 1 aromatic carbocycles. The Morgan fingerprint density at radius 1 is 1.21 bits per heavy atom. The van der Waals surface area contributed by atoms with Gasteiger partial charge in [0, 0.05) is 16.5 Å². The number of rotatable bonds is 7. The van der Waals surface area contributed by atoms with E-state index in [1.165, 1.54) is 4.88 Å².